The largest absolute Gasteiger partial charge is 0.342 e. The molecule has 2 rings (SSSR count). The van der Waals surface area contributed by atoms with Crippen LogP contribution in [0.25, 0.3) is 0 Å². The van der Waals surface area contributed by atoms with E-state index in [0.29, 0.717) is 5.56 Å². The van der Waals surface area contributed by atoms with Crippen molar-refractivity contribution in [3.05, 3.63) is 64.2 Å². The second-order valence-corrected chi connectivity index (χ2v) is 7.01. The van der Waals surface area contributed by atoms with Gasteiger partial charge in [0.1, 0.15) is 0 Å². The number of sulfonamides is 1. The summed E-state index contributed by atoms with van der Waals surface area (Å²) in [5, 5.41) is 11.1. The van der Waals surface area contributed by atoms with E-state index in [1.807, 2.05) is 0 Å². The van der Waals surface area contributed by atoms with E-state index in [2.05, 4.69) is 4.72 Å². The molecule has 0 saturated carbocycles. The first kappa shape index (κ1) is 18.4. The molecule has 0 aromatic heterocycles. The first-order valence-corrected chi connectivity index (χ1v) is 8.76. The highest BCUT2D eigenvalue weighted by atomic mass is 32.2. The van der Waals surface area contributed by atoms with Gasteiger partial charge in [-0.2, -0.15) is 0 Å². The molecular formula is C16H17N3O5S. The number of anilines is 1. The third kappa shape index (κ3) is 4.32. The van der Waals surface area contributed by atoms with E-state index < -0.39 is 25.5 Å². The number of nitro groups is 1. The molecule has 0 atom stereocenters. The zero-order valence-electron chi connectivity index (χ0n) is 13.7. The van der Waals surface area contributed by atoms with E-state index in [4.69, 9.17) is 0 Å². The van der Waals surface area contributed by atoms with Crippen LogP contribution in [-0.2, 0) is 21.4 Å². The first-order valence-electron chi connectivity index (χ1n) is 7.28. The van der Waals surface area contributed by atoms with Crippen LogP contribution in [0, 0.1) is 10.1 Å². The summed E-state index contributed by atoms with van der Waals surface area (Å²) in [5.74, 6) is -0.170. The van der Waals surface area contributed by atoms with Gasteiger partial charge in [0.15, 0.2) is 4.90 Å². The molecule has 2 aromatic carbocycles. The maximum atomic E-state index is 12.6. The lowest BCUT2D eigenvalue weighted by atomic mass is 10.2. The standard InChI is InChI=1S/C16H17N3O5S/c1-12(20)18(2)11-13-7-3-4-8-14(13)17-25(23,24)16-10-6-5-9-15(16)19(21)22/h3-10,17H,11H2,1-2H3. The van der Waals surface area contributed by atoms with E-state index in [1.165, 1.54) is 36.1 Å². The predicted molar refractivity (Wildman–Crippen MR) is 92.5 cm³/mol. The molecule has 0 fully saturated rings. The van der Waals surface area contributed by atoms with Crippen LogP contribution in [0.15, 0.2) is 53.4 Å². The van der Waals surface area contributed by atoms with Crippen LogP contribution in [0.1, 0.15) is 12.5 Å². The summed E-state index contributed by atoms with van der Waals surface area (Å²) in [5.41, 5.74) is 0.324. The van der Waals surface area contributed by atoms with Crippen molar-refractivity contribution >= 4 is 27.3 Å². The number of amides is 1. The molecular weight excluding hydrogens is 346 g/mol. The monoisotopic (exact) mass is 363 g/mol. The third-order valence-corrected chi connectivity index (χ3v) is 4.97. The van der Waals surface area contributed by atoms with Crippen LogP contribution < -0.4 is 4.72 Å². The lowest BCUT2D eigenvalue weighted by Gasteiger charge is -2.18. The fourth-order valence-electron chi connectivity index (χ4n) is 2.16. The third-order valence-electron chi connectivity index (χ3n) is 3.56. The molecule has 0 spiro atoms. The van der Waals surface area contributed by atoms with Crippen molar-refractivity contribution < 1.29 is 18.1 Å². The van der Waals surface area contributed by atoms with E-state index in [9.17, 15) is 23.3 Å². The molecule has 25 heavy (non-hydrogen) atoms. The number of carbonyl (C=O) groups is 1. The molecule has 0 radical (unpaired) electrons. The Hall–Kier alpha value is -2.94. The Balaban J connectivity index is 2.40. The molecule has 0 bridgehead atoms. The van der Waals surface area contributed by atoms with Crippen LogP contribution in [0.3, 0.4) is 0 Å². The van der Waals surface area contributed by atoms with E-state index in [1.54, 1.807) is 25.2 Å². The summed E-state index contributed by atoms with van der Waals surface area (Å²) in [6.45, 7) is 1.60. The molecule has 0 aliphatic carbocycles. The average molecular weight is 363 g/mol. The van der Waals surface area contributed by atoms with Crippen molar-refractivity contribution in [1.29, 1.82) is 0 Å². The summed E-state index contributed by atoms with van der Waals surface area (Å²) >= 11 is 0. The zero-order valence-corrected chi connectivity index (χ0v) is 14.5. The minimum atomic E-state index is -4.16. The number of hydrogen-bond donors (Lipinski definition) is 1. The van der Waals surface area contributed by atoms with Crippen LogP contribution in [0.4, 0.5) is 11.4 Å². The van der Waals surface area contributed by atoms with Crippen molar-refractivity contribution in [2.24, 2.45) is 0 Å². The second-order valence-electron chi connectivity index (χ2n) is 5.36. The van der Waals surface area contributed by atoms with Crippen molar-refractivity contribution in [3.63, 3.8) is 0 Å². The molecule has 1 amide bonds. The van der Waals surface area contributed by atoms with Gasteiger partial charge in [-0.1, -0.05) is 30.3 Å². The van der Waals surface area contributed by atoms with E-state index in [-0.39, 0.29) is 18.1 Å². The summed E-state index contributed by atoms with van der Waals surface area (Å²) in [6, 6.07) is 11.7. The van der Waals surface area contributed by atoms with Crippen molar-refractivity contribution in [2.75, 3.05) is 11.8 Å². The minimum absolute atomic E-state index is 0.170. The SMILES string of the molecule is CC(=O)N(C)Cc1ccccc1NS(=O)(=O)c1ccccc1[N+](=O)[O-]. The number of nitrogens with one attached hydrogen (secondary N) is 1. The van der Waals surface area contributed by atoms with Crippen LogP contribution >= 0.6 is 0 Å². The molecule has 0 heterocycles. The second kappa shape index (κ2) is 7.31. The number of nitro benzene ring substituents is 1. The van der Waals surface area contributed by atoms with E-state index in [0.717, 1.165) is 6.07 Å². The molecule has 132 valence electrons. The Kier molecular flexibility index (Phi) is 5.38. The number of benzene rings is 2. The molecule has 2 aromatic rings. The smallest absolute Gasteiger partial charge is 0.289 e. The highest BCUT2D eigenvalue weighted by Crippen LogP contribution is 2.27. The topological polar surface area (TPSA) is 110 Å². The van der Waals surface area contributed by atoms with Crippen LogP contribution in [-0.4, -0.2) is 31.2 Å². The van der Waals surface area contributed by atoms with Gasteiger partial charge < -0.3 is 4.90 Å². The van der Waals surface area contributed by atoms with Crippen LogP contribution in [0.5, 0.6) is 0 Å². The van der Waals surface area contributed by atoms with Gasteiger partial charge in [0, 0.05) is 26.6 Å². The Morgan fingerprint density at radius 3 is 2.40 bits per heavy atom. The molecule has 0 aliphatic heterocycles. The number of nitrogens with zero attached hydrogens (tertiary/aromatic N) is 2. The number of para-hydroxylation sites is 2. The Morgan fingerprint density at radius 2 is 1.76 bits per heavy atom. The molecule has 0 saturated heterocycles. The molecule has 0 unspecified atom stereocenters. The Bertz CT molecular complexity index is 911. The van der Waals surface area contributed by atoms with Crippen molar-refractivity contribution in [2.45, 2.75) is 18.4 Å². The molecule has 1 N–H and O–H groups in total. The van der Waals surface area contributed by atoms with Crippen LogP contribution in [0.2, 0.25) is 0 Å². The van der Waals surface area contributed by atoms with Gasteiger partial charge in [0.25, 0.3) is 15.7 Å². The molecule has 8 nitrogen and oxygen atoms in total. The van der Waals surface area contributed by atoms with Gasteiger partial charge in [-0.25, -0.2) is 8.42 Å². The van der Waals surface area contributed by atoms with Gasteiger partial charge in [0.05, 0.1) is 10.6 Å². The van der Waals surface area contributed by atoms with Crippen molar-refractivity contribution in [3.8, 4) is 0 Å². The highest BCUT2D eigenvalue weighted by Gasteiger charge is 2.25. The fourth-order valence-corrected chi connectivity index (χ4v) is 3.43. The number of hydrogen-bond acceptors (Lipinski definition) is 5. The summed E-state index contributed by atoms with van der Waals surface area (Å²) in [4.78, 5) is 22.7. The lowest BCUT2D eigenvalue weighted by Crippen LogP contribution is -2.24. The van der Waals surface area contributed by atoms with E-state index >= 15 is 0 Å². The van der Waals surface area contributed by atoms with Gasteiger partial charge >= 0.3 is 0 Å². The van der Waals surface area contributed by atoms with Gasteiger partial charge in [-0.3, -0.25) is 19.6 Å². The summed E-state index contributed by atoms with van der Waals surface area (Å²) in [6.07, 6.45) is 0. The van der Waals surface area contributed by atoms with Gasteiger partial charge in [0.2, 0.25) is 5.91 Å². The fraction of sp³-hybridized carbons (Fsp3) is 0.188. The Morgan fingerprint density at radius 1 is 1.16 bits per heavy atom. The quantitative estimate of drug-likeness (QED) is 0.626. The van der Waals surface area contributed by atoms with Gasteiger partial charge in [-0.15, -0.1) is 0 Å². The zero-order chi connectivity index (χ0) is 18.6. The average Bonchev–Trinajstić information content (AvgIpc) is 2.56. The summed E-state index contributed by atoms with van der Waals surface area (Å²) < 4.78 is 27.6. The minimum Gasteiger partial charge on any atom is -0.342 e. The predicted octanol–water partition coefficient (Wildman–Crippen LogP) is 2.37. The van der Waals surface area contributed by atoms with Crippen molar-refractivity contribution in [1.82, 2.24) is 4.90 Å². The lowest BCUT2D eigenvalue weighted by molar-refractivity contribution is -0.387. The Labute approximate surface area is 145 Å². The van der Waals surface area contributed by atoms with Gasteiger partial charge in [-0.05, 0) is 17.7 Å². The summed E-state index contributed by atoms with van der Waals surface area (Å²) in [7, 11) is -2.57. The first-order chi connectivity index (χ1) is 11.7. The maximum absolute atomic E-state index is 12.6. The number of rotatable bonds is 6. The number of carbonyl (C=O) groups excluding carboxylic acids is 1. The highest BCUT2D eigenvalue weighted by molar-refractivity contribution is 7.92. The normalized spacial score (nSPS) is 11.0. The molecule has 9 heteroatoms. The molecule has 0 aliphatic rings. The maximum Gasteiger partial charge on any atom is 0.289 e.